The van der Waals surface area contributed by atoms with Crippen LogP contribution in [0.5, 0.6) is 0 Å². The molecule has 0 radical (unpaired) electrons. The first kappa shape index (κ1) is 15.1. The highest BCUT2D eigenvalue weighted by molar-refractivity contribution is 7.98. The molecule has 4 heteroatoms. The van der Waals surface area contributed by atoms with Gasteiger partial charge in [0.1, 0.15) is 5.01 Å². The molecule has 2 nitrogen and oxygen atoms in total. The number of thioether (sulfide) groups is 1. The molecule has 21 heavy (non-hydrogen) atoms. The Morgan fingerprint density at radius 2 is 2.10 bits per heavy atom. The predicted molar refractivity (Wildman–Crippen MR) is 92.0 cm³/mol. The van der Waals surface area contributed by atoms with Gasteiger partial charge in [-0.05, 0) is 37.4 Å². The van der Waals surface area contributed by atoms with E-state index in [9.17, 15) is 0 Å². The van der Waals surface area contributed by atoms with Gasteiger partial charge < -0.3 is 5.32 Å². The fourth-order valence-corrected chi connectivity index (χ4v) is 5.05. The van der Waals surface area contributed by atoms with Crippen molar-refractivity contribution in [2.24, 2.45) is 5.41 Å². The molecule has 0 aliphatic heterocycles. The molecule has 112 valence electrons. The molecule has 1 aromatic heterocycles. The average molecular weight is 319 g/mol. The van der Waals surface area contributed by atoms with Gasteiger partial charge in [-0.2, -0.15) is 0 Å². The maximum Gasteiger partial charge on any atom is 0.103 e. The summed E-state index contributed by atoms with van der Waals surface area (Å²) in [6, 6.07) is 11.0. The van der Waals surface area contributed by atoms with E-state index in [0.29, 0.717) is 11.5 Å². The molecular formula is C17H22N2S2. The molecule has 1 aliphatic carbocycles. The standard InChI is InChI=1S/C17H22N2S2/c1-17(2)9-13(18-3)16-14(10-17)19-15(21-16)11-20-12-7-5-4-6-8-12/h4-8,13,18H,9-11H2,1-3H3. The van der Waals surface area contributed by atoms with Crippen LogP contribution in [0.25, 0.3) is 0 Å². The zero-order valence-corrected chi connectivity index (χ0v) is 14.5. The number of nitrogens with zero attached hydrogens (tertiary/aromatic N) is 1. The van der Waals surface area contributed by atoms with Crippen LogP contribution in [-0.2, 0) is 12.2 Å². The summed E-state index contributed by atoms with van der Waals surface area (Å²) in [5, 5.41) is 4.72. The summed E-state index contributed by atoms with van der Waals surface area (Å²) in [5.74, 6) is 0.971. The van der Waals surface area contributed by atoms with Gasteiger partial charge in [-0.15, -0.1) is 23.1 Å². The van der Waals surface area contributed by atoms with Crippen molar-refractivity contribution in [3.8, 4) is 0 Å². The fraction of sp³-hybridized carbons (Fsp3) is 0.471. The first-order valence-corrected chi connectivity index (χ1v) is 9.21. The number of nitrogens with one attached hydrogen (secondary N) is 1. The highest BCUT2D eigenvalue weighted by Gasteiger charge is 2.34. The Bertz CT molecular complexity index is 605. The van der Waals surface area contributed by atoms with Gasteiger partial charge in [0.15, 0.2) is 0 Å². The van der Waals surface area contributed by atoms with Crippen molar-refractivity contribution in [1.82, 2.24) is 10.3 Å². The molecule has 0 bridgehead atoms. The lowest BCUT2D eigenvalue weighted by Crippen LogP contribution is -2.30. The van der Waals surface area contributed by atoms with Crippen LogP contribution in [0.1, 0.15) is 41.9 Å². The van der Waals surface area contributed by atoms with E-state index in [0.717, 1.165) is 12.2 Å². The van der Waals surface area contributed by atoms with E-state index >= 15 is 0 Å². The topological polar surface area (TPSA) is 24.9 Å². The van der Waals surface area contributed by atoms with Gasteiger partial charge in [-0.25, -0.2) is 4.98 Å². The van der Waals surface area contributed by atoms with E-state index in [1.807, 2.05) is 23.1 Å². The molecule has 1 heterocycles. The maximum atomic E-state index is 4.92. The molecule has 3 rings (SSSR count). The summed E-state index contributed by atoms with van der Waals surface area (Å²) >= 11 is 3.77. The van der Waals surface area contributed by atoms with E-state index in [-0.39, 0.29) is 0 Å². The minimum absolute atomic E-state index is 0.346. The lowest BCUT2D eigenvalue weighted by Gasteiger charge is -2.34. The van der Waals surface area contributed by atoms with E-state index in [2.05, 4.69) is 56.5 Å². The summed E-state index contributed by atoms with van der Waals surface area (Å²) in [5.41, 5.74) is 1.66. The van der Waals surface area contributed by atoms with Crippen molar-refractivity contribution in [2.45, 2.75) is 43.4 Å². The van der Waals surface area contributed by atoms with Crippen LogP contribution in [0.3, 0.4) is 0 Å². The lowest BCUT2D eigenvalue weighted by molar-refractivity contribution is 0.265. The average Bonchev–Trinajstić information content (AvgIpc) is 2.86. The molecular weight excluding hydrogens is 296 g/mol. The molecule has 1 aliphatic rings. The van der Waals surface area contributed by atoms with Crippen LogP contribution < -0.4 is 5.32 Å². The highest BCUT2D eigenvalue weighted by atomic mass is 32.2. The molecule has 0 saturated heterocycles. The minimum atomic E-state index is 0.346. The lowest BCUT2D eigenvalue weighted by atomic mass is 9.76. The van der Waals surface area contributed by atoms with E-state index in [1.54, 1.807) is 0 Å². The van der Waals surface area contributed by atoms with Crippen molar-refractivity contribution in [1.29, 1.82) is 0 Å². The molecule has 0 fully saturated rings. The van der Waals surface area contributed by atoms with E-state index in [1.165, 1.54) is 26.9 Å². The van der Waals surface area contributed by atoms with Crippen molar-refractivity contribution < 1.29 is 0 Å². The van der Waals surface area contributed by atoms with Crippen molar-refractivity contribution >= 4 is 23.1 Å². The zero-order chi connectivity index (χ0) is 14.9. The number of thiazole rings is 1. The quantitative estimate of drug-likeness (QED) is 0.829. The third-order valence-electron chi connectivity index (χ3n) is 3.95. The molecule has 1 atom stereocenters. The third-order valence-corrected chi connectivity index (χ3v) is 6.36. The van der Waals surface area contributed by atoms with Gasteiger partial charge in [-0.3, -0.25) is 0 Å². The summed E-state index contributed by atoms with van der Waals surface area (Å²) in [4.78, 5) is 7.69. The van der Waals surface area contributed by atoms with Crippen LogP contribution in [0.15, 0.2) is 35.2 Å². The van der Waals surface area contributed by atoms with Crippen LogP contribution >= 0.6 is 23.1 Å². The maximum absolute atomic E-state index is 4.92. The van der Waals surface area contributed by atoms with Gasteiger partial charge >= 0.3 is 0 Å². The minimum Gasteiger partial charge on any atom is -0.312 e. The van der Waals surface area contributed by atoms with Crippen LogP contribution in [0.2, 0.25) is 0 Å². The summed E-state index contributed by atoms with van der Waals surface area (Å²) in [7, 11) is 2.06. The number of benzene rings is 1. The molecule has 0 amide bonds. The number of fused-ring (bicyclic) bond motifs is 1. The molecule has 0 saturated carbocycles. The van der Waals surface area contributed by atoms with Crippen LogP contribution in [-0.4, -0.2) is 12.0 Å². The predicted octanol–water partition coefficient (Wildman–Crippen LogP) is 4.67. The third kappa shape index (κ3) is 3.50. The summed E-state index contributed by atoms with van der Waals surface area (Å²) < 4.78 is 0. The largest absolute Gasteiger partial charge is 0.312 e. The fourth-order valence-electron chi connectivity index (χ4n) is 2.94. The Hall–Kier alpha value is -0.840. The first-order valence-electron chi connectivity index (χ1n) is 7.41. The molecule has 1 unspecified atom stereocenters. The van der Waals surface area contributed by atoms with Crippen molar-refractivity contribution in [3.05, 3.63) is 45.9 Å². The van der Waals surface area contributed by atoms with Gasteiger partial charge in [0.05, 0.1) is 11.4 Å². The summed E-state index contributed by atoms with van der Waals surface area (Å²) in [6.45, 7) is 4.69. The van der Waals surface area contributed by atoms with Crippen LogP contribution in [0.4, 0.5) is 0 Å². The SMILES string of the molecule is CNC1CC(C)(C)Cc2nc(CSc3ccccc3)sc21. The van der Waals surface area contributed by atoms with Gasteiger partial charge in [-0.1, -0.05) is 32.0 Å². The van der Waals surface area contributed by atoms with Crippen molar-refractivity contribution in [2.75, 3.05) is 7.05 Å². The molecule has 1 aromatic carbocycles. The van der Waals surface area contributed by atoms with Gasteiger partial charge in [0.2, 0.25) is 0 Å². The second-order valence-electron chi connectivity index (χ2n) is 6.41. The molecule has 1 N–H and O–H groups in total. The van der Waals surface area contributed by atoms with Gasteiger partial charge in [0, 0.05) is 15.8 Å². The second kappa shape index (κ2) is 6.11. The Kier molecular flexibility index (Phi) is 4.38. The smallest absolute Gasteiger partial charge is 0.103 e. The van der Waals surface area contributed by atoms with Gasteiger partial charge in [0.25, 0.3) is 0 Å². The van der Waals surface area contributed by atoms with Crippen molar-refractivity contribution in [3.63, 3.8) is 0 Å². The molecule has 2 aromatic rings. The number of aromatic nitrogens is 1. The van der Waals surface area contributed by atoms with Crippen LogP contribution in [0, 0.1) is 5.41 Å². The summed E-state index contributed by atoms with van der Waals surface area (Å²) in [6.07, 6.45) is 2.30. The van der Waals surface area contributed by atoms with E-state index < -0.39 is 0 Å². The number of hydrogen-bond acceptors (Lipinski definition) is 4. The monoisotopic (exact) mass is 318 g/mol. The number of rotatable bonds is 4. The Morgan fingerprint density at radius 3 is 2.81 bits per heavy atom. The normalized spacial score (nSPS) is 20.2. The zero-order valence-electron chi connectivity index (χ0n) is 12.8. The Morgan fingerprint density at radius 1 is 1.33 bits per heavy atom. The Balaban J connectivity index is 1.76. The first-order chi connectivity index (χ1) is 10.1. The van der Waals surface area contributed by atoms with E-state index in [4.69, 9.17) is 4.98 Å². The Labute approximate surface area is 135 Å². The highest BCUT2D eigenvalue weighted by Crippen LogP contribution is 2.43. The number of hydrogen-bond donors (Lipinski definition) is 1. The molecule has 0 spiro atoms. The second-order valence-corrected chi connectivity index (χ2v) is 8.57.